The molecule has 0 bridgehead atoms. The van der Waals surface area contributed by atoms with Crippen LogP contribution in [-0.4, -0.2) is 31.6 Å². The predicted molar refractivity (Wildman–Crippen MR) is 97.7 cm³/mol. The fraction of sp³-hybridized carbons (Fsp3) is 0.300. The summed E-state index contributed by atoms with van der Waals surface area (Å²) in [5, 5.41) is 2.88. The number of amides is 2. The molecule has 0 aliphatic carbocycles. The summed E-state index contributed by atoms with van der Waals surface area (Å²) in [6, 6.07) is 13.1. The van der Waals surface area contributed by atoms with Crippen molar-refractivity contribution >= 4 is 23.2 Å². The van der Waals surface area contributed by atoms with Crippen molar-refractivity contribution in [1.29, 1.82) is 0 Å². The summed E-state index contributed by atoms with van der Waals surface area (Å²) < 4.78 is 11.0. The number of benzene rings is 2. The van der Waals surface area contributed by atoms with E-state index in [0.717, 1.165) is 11.3 Å². The lowest BCUT2D eigenvalue weighted by molar-refractivity contribution is -0.122. The van der Waals surface area contributed by atoms with E-state index in [0.29, 0.717) is 36.9 Å². The number of aryl methyl sites for hydroxylation is 1. The van der Waals surface area contributed by atoms with Crippen LogP contribution in [0.5, 0.6) is 11.5 Å². The Balaban J connectivity index is 1.44. The van der Waals surface area contributed by atoms with Crippen LogP contribution in [-0.2, 0) is 9.59 Å². The molecule has 0 radical (unpaired) electrons. The van der Waals surface area contributed by atoms with Crippen molar-refractivity contribution < 1.29 is 19.1 Å². The summed E-state index contributed by atoms with van der Waals surface area (Å²) in [4.78, 5) is 26.6. The van der Waals surface area contributed by atoms with Crippen LogP contribution in [0.3, 0.4) is 0 Å². The first-order valence-corrected chi connectivity index (χ1v) is 8.68. The number of nitrogens with one attached hydrogen (secondary N) is 1. The van der Waals surface area contributed by atoms with Crippen molar-refractivity contribution in [2.75, 3.05) is 30.0 Å². The van der Waals surface area contributed by atoms with Gasteiger partial charge in [-0.15, -0.1) is 0 Å². The van der Waals surface area contributed by atoms with E-state index in [1.54, 1.807) is 23.1 Å². The van der Waals surface area contributed by atoms with E-state index in [9.17, 15) is 9.59 Å². The van der Waals surface area contributed by atoms with Gasteiger partial charge in [-0.05, 0) is 31.2 Å². The van der Waals surface area contributed by atoms with Gasteiger partial charge in [-0.2, -0.15) is 0 Å². The zero-order chi connectivity index (χ0) is 18.1. The van der Waals surface area contributed by atoms with E-state index in [-0.39, 0.29) is 24.2 Å². The monoisotopic (exact) mass is 352 g/mol. The third-order valence-electron chi connectivity index (χ3n) is 4.65. The van der Waals surface area contributed by atoms with Crippen LogP contribution < -0.4 is 19.7 Å². The highest BCUT2D eigenvalue weighted by Gasteiger charge is 2.35. The smallest absolute Gasteiger partial charge is 0.229 e. The molecular formula is C20H20N2O4. The van der Waals surface area contributed by atoms with E-state index >= 15 is 0 Å². The lowest BCUT2D eigenvalue weighted by Gasteiger charge is -2.19. The molecule has 6 heteroatoms. The topological polar surface area (TPSA) is 67.9 Å². The van der Waals surface area contributed by atoms with E-state index in [1.807, 2.05) is 31.2 Å². The summed E-state index contributed by atoms with van der Waals surface area (Å²) >= 11 is 0. The number of rotatable bonds is 3. The lowest BCUT2D eigenvalue weighted by atomic mass is 10.1. The van der Waals surface area contributed by atoms with Crippen molar-refractivity contribution in [2.24, 2.45) is 5.92 Å². The Hall–Kier alpha value is -3.02. The SMILES string of the molecule is Cc1ccc(N2C[C@@H](C(=O)Nc3ccc4c(c3)OCCO4)CC2=O)cc1. The zero-order valence-corrected chi connectivity index (χ0v) is 14.5. The first-order valence-electron chi connectivity index (χ1n) is 8.68. The van der Waals surface area contributed by atoms with E-state index in [1.165, 1.54) is 0 Å². The average Bonchev–Trinajstić information content (AvgIpc) is 3.04. The first kappa shape index (κ1) is 16.4. The van der Waals surface area contributed by atoms with Crippen molar-refractivity contribution in [3.8, 4) is 11.5 Å². The van der Waals surface area contributed by atoms with Gasteiger partial charge in [-0.1, -0.05) is 17.7 Å². The maximum Gasteiger partial charge on any atom is 0.229 e. The predicted octanol–water partition coefficient (Wildman–Crippen LogP) is 2.76. The Morgan fingerprint density at radius 2 is 1.81 bits per heavy atom. The molecule has 134 valence electrons. The summed E-state index contributed by atoms with van der Waals surface area (Å²) in [6.45, 7) is 3.40. The molecule has 1 saturated heterocycles. The van der Waals surface area contributed by atoms with E-state index in [2.05, 4.69) is 5.32 Å². The number of hydrogen-bond donors (Lipinski definition) is 1. The lowest BCUT2D eigenvalue weighted by Crippen LogP contribution is -2.28. The number of carbonyl (C=O) groups is 2. The fourth-order valence-corrected chi connectivity index (χ4v) is 3.22. The molecule has 0 saturated carbocycles. The number of ether oxygens (including phenoxy) is 2. The minimum absolute atomic E-state index is 0.0313. The van der Waals surface area contributed by atoms with Gasteiger partial charge in [0, 0.05) is 30.4 Å². The summed E-state index contributed by atoms with van der Waals surface area (Å²) in [6.07, 6.45) is 0.213. The highest BCUT2D eigenvalue weighted by Crippen LogP contribution is 2.33. The van der Waals surface area contributed by atoms with Gasteiger partial charge in [0.05, 0.1) is 5.92 Å². The minimum atomic E-state index is -0.378. The Morgan fingerprint density at radius 1 is 1.08 bits per heavy atom. The fourth-order valence-electron chi connectivity index (χ4n) is 3.22. The first-order chi connectivity index (χ1) is 12.6. The number of hydrogen-bond acceptors (Lipinski definition) is 4. The Morgan fingerprint density at radius 3 is 2.58 bits per heavy atom. The van der Waals surface area contributed by atoms with Gasteiger partial charge in [0.1, 0.15) is 13.2 Å². The van der Waals surface area contributed by atoms with Crippen LogP contribution in [0, 0.1) is 12.8 Å². The van der Waals surface area contributed by atoms with Crippen LogP contribution in [0.1, 0.15) is 12.0 Å². The van der Waals surface area contributed by atoms with Gasteiger partial charge in [0.15, 0.2) is 11.5 Å². The highest BCUT2D eigenvalue weighted by molar-refractivity contribution is 6.03. The zero-order valence-electron chi connectivity index (χ0n) is 14.5. The molecule has 6 nitrogen and oxygen atoms in total. The second-order valence-corrected chi connectivity index (χ2v) is 6.59. The average molecular weight is 352 g/mol. The third-order valence-corrected chi connectivity index (χ3v) is 4.65. The largest absolute Gasteiger partial charge is 0.486 e. The normalized spacial score (nSPS) is 18.7. The number of fused-ring (bicyclic) bond motifs is 1. The summed E-state index contributed by atoms with van der Waals surface area (Å²) in [7, 11) is 0. The highest BCUT2D eigenvalue weighted by atomic mass is 16.6. The molecule has 2 aliphatic heterocycles. The van der Waals surface area contributed by atoms with Gasteiger partial charge in [-0.25, -0.2) is 0 Å². The van der Waals surface area contributed by atoms with Gasteiger partial charge in [0.25, 0.3) is 0 Å². The maximum absolute atomic E-state index is 12.6. The summed E-state index contributed by atoms with van der Waals surface area (Å²) in [5.74, 6) is 0.728. The molecule has 0 spiro atoms. The molecule has 1 fully saturated rings. The van der Waals surface area contributed by atoms with Crippen LogP contribution in [0.4, 0.5) is 11.4 Å². The Labute approximate surface area is 151 Å². The third kappa shape index (κ3) is 3.22. The molecule has 2 aliphatic rings. The molecule has 26 heavy (non-hydrogen) atoms. The molecule has 1 atom stereocenters. The molecule has 2 aromatic rings. The second-order valence-electron chi connectivity index (χ2n) is 6.59. The van der Waals surface area contributed by atoms with Gasteiger partial charge >= 0.3 is 0 Å². The molecule has 2 heterocycles. The van der Waals surface area contributed by atoms with Crippen molar-refractivity contribution in [1.82, 2.24) is 0 Å². The molecule has 0 unspecified atom stereocenters. The molecule has 2 amide bonds. The Bertz CT molecular complexity index is 847. The second kappa shape index (κ2) is 6.71. The number of nitrogens with zero attached hydrogens (tertiary/aromatic N) is 1. The number of anilines is 2. The van der Waals surface area contributed by atoms with Gasteiger partial charge < -0.3 is 19.7 Å². The molecule has 0 aromatic heterocycles. The molecule has 4 rings (SSSR count). The van der Waals surface area contributed by atoms with Crippen LogP contribution >= 0.6 is 0 Å². The molecule has 1 N–H and O–H groups in total. The van der Waals surface area contributed by atoms with Crippen molar-refractivity contribution in [3.63, 3.8) is 0 Å². The standard InChI is InChI=1S/C20H20N2O4/c1-13-2-5-16(6-3-13)22-12-14(10-19(22)23)20(24)21-15-4-7-17-18(11-15)26-9-8-25-17/h2-7,11,14H,8-10,12H2,1H3,(H,21,24)/t14-/m0/s1. The Kier molecular flexibility index (Phi) is 4.24. The van der Waals surface area contributed by atoms with Crippen LogP contribution in [0.25, 0.3) is 0 Å². The molecule has 2 aromatic carbocycles. The van der Waals surface area contributed by atoms with Crippen LogP contribution in [0.15, 0.2) is 42.5 Å². The summed E-state index contributed by atoms with van der Waals surface area (Å²) in [5.41, 5.74) is 2.60. The quantitative estimate of drug-likeness (QED) is 0.922. The number of carbonyl (C=O) groups excluding carboxylic acids is 2. The van der Waals surface area contributed by atoms with Crippen LogP contribution in [0.2, 0.25) is 0 Å². The van der Waals surface area contributed by atoms with Crippen molar-refractivity contribution in [2.45, 2.75) is 13.3 Å². The molecular weight excluding hydrogens is 332 g/mol. The van der Waals surface area contributed by atoms with E-state index < -0.39 is 0 Å². The van der Waals surface area contributed by atoms with E-state index in [4.69, 9.17) is 9.47 Å². The minimum Gasteiger partial charge on any atom is -0.486 e. The van der Waals surface area contributed by atoms with Crippen molar-refractivity contribution in [3.05, 3.63) is 48.0 Å². The van der Waals surface area contributed by atoms with Gasteiger partial charge in [0.2, 0.25) is 11.8 Å². The van der Waals surface area contributed by atoms with Gasteiger partial charge in [-0.3, -0.25) is 9.59 Å². The maximum atomic E-state index is 12.6.